The van der Waals surface area contributed by atoms with Gasteiger partial charge in [-0.2, -0.15) is 5.10 Å². The molecule has 0 amide bonds. The van der Waals surface area contributed by atoms with Crippen molar-refractivity contribution in [1.29, 1.82) is 0 Å². The van der Waals surface area contributed by atoms with E-state index in [4.69, 9.17) is 4.42 Å². The minimum Gasteiger partial charge on any atom is -0.462 e. The highest BCUT2D eigenvalue weighted by Gasteiger charge is 2.07. The molecule has 0 unspecified atom stereocenters. The quantitative estimate of drug-likeness (QED) is 0.835. The van der Waals surface area contributed by atoms with E-state index in [0.717, 1.165) is 24.6 Å². The molecular formula is C12H17N3O. The Kier molecular flexibility index (Phi) is 3.41. The second kappa shape index (κ2) is 4.99. The molecule has 2 heterocycles. The van der Waals surface area contributed by atoms with Crippen molar-refractivity contribution >= 4 is 0 Å². The van der Waals surface area contributed by atoms with Crippen molar-refractivity contribution < 1.29 is 4.42 Å². The molecule has 0 aliphatic rings. The molecular weight excluding hydrogens is 202 g/mol. The Morgan fingerprint density at radius 2 is 2.38 bits per heavy atom. The van der Waals surface area contributed by atoms with E-state index in [-0.39, 0.29) is 0 Å². The van der Waals surface area contributed by atoms with Crippen LogP contribution >= 0.6 is 0 Å². The lowest BCUT2D eigenvalue weighted by Gasteiger charge is -1.99. The first-order valence-corrected chi connectivity index (χ1v) is 5.56. The van der Waals surface area contributed by atoms with Crippen molar-refractivity contribution in [3.8, 4) is 0 Å². The number of rotatable bonds is 5. The molecule has 1 N–H and O–H groups in total. The van der Waals surface area contributed by atoms with Crippen molar-refractivity contribution in [2.24, 2.45) is 0 Å². The molecule has 16 heavy (non-hydrogen) atoms. The Morgan fingerprint density at radius 1 is 1.50 bits per heavy atom. The number of hydrogen-bond acceptors (Lipinski definition) is 3. The smallest absolute Gasteiger partial charge is 0.126 e. The molecule has 0 saturated carbocycles. The molecule has 86 valence electrons. The zero-order valence-electron chi connectivity index (χ0n) is 9.73. The number of aromatic nitrogens is 2. The topological polar surface area (TPSA) is 43.0 Å². The summed E-state index contributed by atoms with van der Waals surface area (Å²) in [4.78, 5) is 0. The van der Waals surface area contributed by atoms with Crippen molar-refractivity contribution in [1.82, 2.24) is 15.1 Å². The Balaban J connectivity index is 2.05. The van der Waals surface area contributed by atoms with Crippen molar-refractivity contribution in [3.05, 3.63) is 41.6 Å². The lowest BCUT2D eigenvalue weighted by atomic mass is 10.2. The molecule has 2 aromatic heterocycles. The molecule has 2 aromatic rings. The van der Waals surface area contributed by atoms with Crippen LogP contribution in [0.2, 0.25) is 0 Å². The Hall–Kier alpha value is -1.55. The average molecular weight is 219 g/mol. The largest absolute Gasteiger partial charge is 0.462 e. The van der Waals surface area contributed by atoms with Crippen LogP contribution in [0, 0.1) is 6.92 Å². The van der Waals surface area contributed by atoms with Crippen LogP contribution < -0.4 is 5.32 Å². The van der Waals surface area contributed by atoms with Crippen molar-refractivity contribution in [3.63, 3.8) is 0 Å². The van der Waals surface area contributed by atoms with Gasteiger partial charge in [-0.3, -0.25) is 4.68 Å². The van der Waals surface area contributed by atoms with E-state index in [0.29, 0.717) is 6.54 Å². The summed E-state index contributed by atoms with van der Waals surface area (Å²) in [6.45, 7) is 6.60. The molecule has 0 bridgehead atoms. The highest BCUT2D eigenvalue weighted by atomic mass is 16.3. The number of nitrogens with zero attached hydrogens (tertiary/aromatic N) is 2. The Bertz CT molecular complexity index is 431. The molecule has 0 aromatic carbocycles. The van der Waals surface area contributed by atoms with Crippen LogP contribution in [0.3, 0.4) is 0 Å². The van der Waals surface area contributed by atoms with Crippen LogP contribution in [0.4, 0.5) is 0 Å². The predicted octanol–water partition coefficient (Wildman–Crippen LogP) is 1.94. The van der Waals surface area contributed by atoms with Crippen molar-refractivity contribution in [2.45, 2.75) is 26.9 Å². The first-order valence-electron chi connectivity index (χ1n) is 5.56. The van der Waals surface area contributed by atoms with Gasteiger partial charge >= 0.3 is 0 Å². The third-order valence-corrected chi connectivity index (χ3v) is 2.48. The zero-order chi connectivity index (χ0) is 11.4. The summed E-state index contributed by atoms with van der Waals surface area (Å²) in [5, 5.41) is 7.42. The fraction of sp³-hybridized carbons (Fsp3) is 0.417. The molecule has 0 fully saturated rings. The fourth-order valence-corrected chi connectivity index (χ4v) is 1.64. The molecule has 4 heteroatoms. The van der Waals surface area contributed by atoms with E-state index in [1.165, 1.54) is 5.56 Å². The summed E-state index contributed by atoms with van der Waals surface area (Å²) >= 11 is 0. The van der Waals surface area contributed by atoms with Crippen LogP contribution in [-0.4, -0.2) is 16.3 Å². The van der Waals surface area contributed by atoms with Crippen molar-refractivity contribution in [2.75, 3.05) is 6.54 Å². The molecule has 0 spiro atoms. The molecule has 0 radical (unpaired) electrons. The summed E-state index contributed by atoms with van der Waals surface area (Å²) in [6.07, 6.45) is 3.71. The molecule has 0 aliphatic heterocycles. The molecule has 0 saturated heterocycles. The molecule has 0 aliphatic carbocycles. The van der Waals surface area contributed by atoms with Gasteiger partial charge < -0.3 is 9.73 Å². The lowest BCUT2D eigenvalue weighted by Crippen LogP contribution is -2.11. The first-order chi connectivity index (χ1) is 7.79. The van der Waals surface area contributed by atoms with Gasteiger partial charge in [-0.1, -0.05) is 6.92 Å². The summed E-state index contributed by atoms with van der Waals surface area (Å²) < 4.78 is 7.62. The van der Waals surface area contributed by atoms with Gasteiger partial charge in [0.05, 0.1) is 13.1 Å². The fourth-order valence-electron chi connectivity index (χ4n) is 1.64. The van der Waals surface area contributed by atoms with Crippen LogP contribution in [-0.2, 0) is 13.1 Å². The van der Waals surface area contributed by atoms with E-state index < -0.39 is 0 Å². The van der Waals surface area contributed by atoms with Gasteiger partial charge in [0.15, 0.2) is 0 Å². The van der Waals surface area contributed by atoms with Gasteiger partial charge in [0.2, 0.25) is 0 Å². The molecule has 2 rings (SSSR count). The molecule has 0 atom stereocenters. The van der Waals surface area contributed by atoms with Gasteiger partial charge in [-0.15, -0.1) is 0 Å². The zero-order valence-corrected chi connectivity index (χ0v) is 9.73. The molecule has 4 nitrogen and oxygen atoms in total. The lowest BCUT2D eigenvalue weighted by molar-refractivity contribution is 0.431. The van der Waals surface area contributed by atoms with Crippen LogP contribution in [0.25, 0.3) is 0 Å². The minimum atomic E-state index is 0.694. The first kappa shape index (κ1) is 11.0. The highest BCUT2D eigenvalue weighted by Crippen LogP contribution is 2.15. The number of hydrogen-bond donors (Lipinski definition) is 1. The van der Waals surface area contributed by atoms with Gasteiger partial charge in [0.25, 0.3) is 0 Å². The van der Waals surface area contributed by atoms with E-state index in [2.05, 4.69) is 30.3 Å². The van der Waals surface area contributed by atoms with Crippen LogP contribution in [0.1, 0.15) is 24.0 Å². The Labute approximate surface area is 95.3 Å². The maximum absolute atomic E-state index is 5.77. The summed E-state index contributed by atoms with van der Waals surface area (Å²) in [5.74, 6) is 1.97. The van der Waals surface area contributed by atoms with E-state index in [9.17, 15) is 0 Å². The minimum absolute atomic E-state index is 0.694. The second-order valence-electron chi connectivity index (χ2n) is 3.80. The van der Waals surface area contributed by atoms with Crippen LogP contribution in [0.15, 0.2) is 28.9 Å². The highest BCUT2D eigenvalue weighted by molar-refractivity contribution is 5.20. The maximum atomic E-state index is 5.77. The summed E-state index contributed by atoms with van der Waals surface area (Å²) in [6, 6.07) is 3.99. The van der Waals surface area contributed by atoms with Crippen LogP contribution in [0.5, 0.6) is 0 Å². The Morgan fingerprint density at radius 3 is 3.06 bits per heavy atom. The monoisotopic (exact) mass is 219 g/mol. The average Bonchev–Trinajstić information content (AvgIpc) is 2.86. The number of furan rings is 1. The van der Waals surface area contributed by atoms with E-state index in [1.807, 2.05) is 16.9 Å². The third-order valence-electron chi connectivity index (χ3n) is 2.48. The van der Waals surface area contributed by atoms with Gasteiger partial charge in [-0.05, 0) is 31.2 Å². The van der Waals surface area contributed by atoms with E-state index >= 15 is 0 Å². The normalized spacial score (nSPS) is 10.9. The van der Waals surface area contributed by atoms with E-state index in [1.54, 1.807) is 6.20 Å². The van der Waals surface area contributed by atoms with Gasteiger partial charge in [0.1, 0.15) is 11.5 Å². The second-order valence-corrected chi connectivity index (χ2v) is 3.80. The SMILES string of the molecule is CCNCc1oc(Cn2cccn2)cc1C. The summed E-state index contributed by atoms with van der Waals surface area (Å²) in [5.41, 5.74) is 1.20. The third kappa shape index (κ3) is 2.52. The number of aryl methyl sites for hydroxylation is 1. The standard InChI is InChI=1S/C12H17N3O/c1-3-13-8-12-10(2)7-11(16-12)9-15-6-4-5-14-15/h4-7,13H,3,8-9H2,1-2H3. The van der Waals surface area contributed by atoms with Gasteiger partial charge in [-0.25, -0.2) is 0 Å². The maximum Gasteiger partial charge on any atom is 0.126 e. The summed E-state index contributed by atoms with van der Waals surface area (Å²) in [7, 11) is 0. The van der Waals surface area contributed by atoms with Gasteiger partial charge in [0, 0.05) is 12.4 Å². The number of nitrogens with one attached hydrogen (secondary N) is 1. The predicted molar refractivity (Wildman–Crippen MR) is 62.2 cm³/mol.